The van der Waals surface area contributed by atoms with Gasteiger partial charge in [-0.2, -0.15) is 0 Å². The molecule has 0 aliphatic rings. The zero-order valence-corrected chi connectivity index (χ0v) is 14.7. The molecule has 8 heteroatoms. The van der Waals surface area contributed by atoms with Crippen molar-refractivity contribution in [1.82, 2.24) is 20.2 Å². The first kappa shape index (κ1) is 18.8. The highest BCUT2D eigenvalue weighted by atomic mass is 32.2. The van der Waals surface area contributed by atoms with Gasteiger partial charge in [0.2, 0.25) is 11.1 Å². The van der Waals surface area contributed by atoms with E-state index >= 15 is 0 Å². The number of carbonyl (C=O) groups excluding carboxylic acids is 1. The summed E-state index contributed by atoms with van der Waals surface area (Å²) in [7, 11) is 0. The van der Waals surface area contributed by atoms with E-state index < -0.39 is 0 Å². The predicted octanol–water partition coefficient (Wildman–Crippen LogP) is -0.532. The normalized spacial score (nSPS) is 11.1. The van der Waals surface area contributed by atoms with Gasteiger partial charge in [-0.25, -0.2) is 4.68 Å². The molecule has 0 unspecified atom stereocenters. The molecule has 1 aromatic heterocycles. The number of thioether (sulfide) groups is 1. The zero-order valence-electron chi connectivity index (χ0n) is 13.9. The smallest absolute Gasteiger partial charge is 0.230 e. The van der Waals surface area contributed by atoms with E-state index in [-0.39, 0.29) is 5.91 Å². The van der Waals surface area contributed by atoms with E-state index in [9.17, 15) is 4.79 Å². The Morgan fingerprint density at radius 2 is 2.05 bits per heavy atom. The summed E-state index contributed by atoms with van der Waals surface area (Å²) in [5.74, 6) is 7.04. The van der Waals surface area contributed by atoms with Crippen molar-refractivity contribution in [3.63, 3.8) is 0 Å². The van der Waals surface area contributed by atoms with Crippen LogP contribution in [-0.2, 0) is 11.2 Å². The molecule has 0 bridgehead atoms. The number of amides is 1. The Bertz CT molecular complexity index is 447. The fourth-order valence-electron chi connectivity index (χ4n) is 2.07. The van der Waals surface area contributed by atoms with Gasteiger partial charge in [-0.3, -0.25) is 4.79 Å². The standard InChI is InChI=1S/C14H28N6OS/c1-4-7-8-12-17-18-14(20(12)15)22-11-13(21)16-9-10-19(5-2)6-3/h4-11,15H2,1-3H3,(H,16,21)/p+1. The fraction of sp³-hybridized carbons (Fsp3) is 0.786. The van der Waals surface area contributed by atoms with Crippen LogP contribution < -0.4 is 16.1 Å². The Morgan fingerprint density at radius 1 is 1.32 bits per heavy atom. The summed E-state index contributed by atoms with van der Waals surface area (Å²) >= 11 is 1.33. The molecule has 0 radical (unpaired) electrons. The van der Waals surface area contributed by atoms with Crippen molar-refractivity contribution in [3.05, 3.63) is 5.82 Å². The lowest BCUT2D eigenvalue weighted by molar-refractivity contribution is -0.895. The average molecular weight is 329 g/mol. The van der Waals surface area contributed by atoms with Gasteiger partial charge in [0.15, 0.2) is 5.82 Å². The molecule has 1 amide bonds. The second kappa shape index (κ2) is 10.4. The Morgan fingerprint density at radius 3 is 2.68 bits per heavy atom. The monoisotopic (exact) mass is 329 g/mol. The summed E-state index contributed by atoms with van der Waals surface area (Å²) in [6, 6.07) is 0. The molecule has 0 aliphatic carbocycles. The van der Waals surface area contributed by atoms with E-state index in [1.165, 1.54) is 21.3 Å². The van der Waals surface area contributed by atoms with Gasteiger partial charge in [0.1, 0.15) is 0 Å². The number of nitrogens with two attached hydrogens (primary N) is 1. The Balaban J connectivity index is 2.30. The van der Waals surface area contributed by atoms with Crippen LogP contribution in [0.15, 0.2) is 5.16 Å². The third-order valence-corrected chi connectivity index (χ3v) is 4.57. The number of likely N-dealkylation sites (N-methyl/N-ethyl adjacent to an activating group) is 1. The van der Waals surface area contributed by atoms with Gasteiger partial charge in [0, 0.05) is 6.42 Å². The summed E-state index contributed by atoms with van der Waals surface area (Å²) in [4.78, 5) is 13.3. The highest BCUT2D eigenvalue weighted by Crippen LogP contribution is 2.14. The van der Waals surface area contributed by atoms with E-state index in [0.717, 1.165) is 44.7 Å². The maximum atomic E-state index is 11.8. The van der Waals surface area contributed by atoms with Crippen LogP contribution in [0.1, 0.15) is 39.4 Å². The molecular formula is C14H29N6OS+. The lowest BCUT2D eigenvalue weighted by Gasteiger charge is -2.15. The van der Waals surface area contributed by atoms with Crippen LogP contribution in [0.3, 0.4) is 0 Å². The number of quaternary nitrogens is 1. The SMILES string of the molecule is CCCCc1nnc(SCC(=O)NCC[NH+](CC)CC)n1N. The maximum Gasteiger partial charge on any atom is 0.230 e. The summed E-state index contributed by atoms with van der Waals surface area (Å²) in [5, 5.41) is 11.6. The highest BCUT2D eigenvalue weighted by Gasteiger charge is 2.12. The summed E-state index contributed by atoms with van der Waals surface area (Å²) in [6.07, 6.45) is 2.94. The Labute approximate surface area is 137 Å². The molecule has 126 valence electrons. The third kappa shape index (κ3) is 6.23. The van der Waals surface area contributed by atoms with Crippen LogP contribution in [0.25, 0.3) is 0 Å². The van der Waals surface area contributed by atoms with Gasteiger partial charge in [-0.05, 0) is 20.3 Å². The van der Waals surface area contributed by atoms with Crippen LogP contribution >= 0.6 is 11.8 Å². The van der Waals surface area contributed by atoms with Crippen molar-refractivity contribution in [2.24, 2.45) is 0 Å². The fourth-order valence-corrected chi connectivity index (χ4v) is 2.78. The van der Waals surface area contributed by atoms with Crippen molar-refractivity contribution in [2.75, 3.05) is 37.8 Å². The number of nitrogens with zero attached hydrogens (tertiary/aromatic N) is 3. The van der Waals surface area contributed by atoms with E-state index in [1.54, 1.807) is 0 Å². The van der Waals surface area contributed by atoms with Gasteiger partial charge in [0.05, 0.1) is 31.9 Å². The van der Waals surface area contributed by atoms with Crippen LogP contribution in [-0.4, -0.2) is 52.7 Å². The number of carbonyl (C=O) groups is 1. The van der Waals surface area contributed by atoms with Gasteiger partial charge in [-0.1, -0.05) is 25.1 Å². The van der Waals surface area contributed by atoms with Crippen molar-refractivity contribution in [3.8, 4) is 0 Å². The topological polar surface area (TPSA) is 90.3 Å². The second-order valence-corrected chi connectivity index (χ2v) is 6.16. The molecule has 7 nitrogen and oxygen atoms in total. The van der Waals surface area contributed by atoms with Crippen molar-refractivity contribution in [2.45, 2.75) is 45.2 Å². The van der Waals surface area contributed by atoms with Gasteiger partial charge >= 0.3 is 0 Å². The van der Waals surface area contributed by atoms with Crippen LogP contribution in [0.2, 0.25) is 0 Å². The molecule has 0 saturated carbocycles. The number of nitrogens with one attached hydrogen (secondary N) is 2. The minimum atomic E-state index is 0.00895. The molecule has 1 heterocycles. The van der Waals surface area contributed by atoms with E-state index in [1.807, 2.05) is 0 Å². The zero-order chi connectivity index (χ0) is 16.4. The van der Waals surface area contributed by atoms with Crippen molar-refractivity contribution >= 4 is 17.7 Å². The number of rotatable bonds is 11. The van der Waals surface area contributed by atoms with Crippen LogP contribution in [0, 0.1) is 0 Å². The van der Waals surface area contributed by atoms with E-state index in [4.69, 9.17) is 5.84 Å². The molecule has 0 fully saturated rings. The molecule has 0 spiro atoms. The summed E-state index contributed by atoms with van der Waals surface area (Å²) in [6.45, 7) is 10.2. The number of hydrogen-bond donors (Lipinski definition) is 3. The minimum Gasteiger partial charge on any atom is -0.350 e. The number of aromatic nitrogens is 3. The largest absolute Gasteiger partial charge is 0.350 e. The third-order valence-electron chi connectivity index (χ3n) is 3.62. The first-order valence-corrected chi connectivity index (χ1v) is 9.03. The lowest BCUT2D eigenvalue weighted by atomic mass is 10.2. The van der Waals surface area contributed by atoms with Crippen LogP contribution in [0.4, 0.5) is 0 Å². The number of unbranched alkanes of at least 4 members (excludes halogenated alkanes) is 1. The van der Waals surface area contributed by atoms with Crippen molar-refractivity contribution in [1.29, 1.82) is 0 Å². The maximum absolute atomic E-state index is 11.8. The number of nitrogen functional groups attached to an aromatic ring is 1. The minimum absolute atomic E-state index is 0.00895. The van der Waals surface area contributed by atoms with Crippen LogP contribution in [0.5, 0.6) is 0 Å². The quantitative estimate of drug-likeness (QED) is 0.375. The average Bonchev–Trinajstić information content (AvgIpc) is 2.88. The first-order chi connectivity index (χ1) is 10.6. The highest BCUT2D eigenvalue weighted by molar-refractivity contribution is 7.99. The molecular weight excluding hydrogens is 300 g/mol. The molecule has 1 aromatic rings. The molecule has 0 atom stereocenters. The van der Waals surface area contributed by atoms with Gasteiger partial charge < -0.3 is 16.1 Å². The summed E-state index contributed by atoms with van der Waals surface area (Å²) < 4.78 is 1.49. The van der Waals surface area contributed by atoms with Crippen molar-refractivity contribution < 1.29 is 9.69 Å². The predicted molar refractivity (Wildman–Crippen MR) is 89.4 cm³/mol. The molecule has 0 saturated heterocycles. The lowest BCUT2D eigenvalue weighted by Crippen LogP contribution is -3.12. The molecule has 1 rings (SSSR count). The Hall–Kier alpha value is -1.28. The van der Waals surface area contributed by atoms with Gasteiger partial charge in [0.25, 0.3) is 0 Å². The second-order valence-electron chi connectivity index (χ2n) is 5.22. The van der Waals surface area contributed by atoms with E-state index in [0.29, 0.717) is 17.5 Å². The molecule has 0 aliphatic heterocycles. The Kier molecular flexibility index (Phi) is 8.91. The summed E-state index contributed by atoms with van der Waals surface area (Å²) in [5.41, 5.74) is 0. The number of aryl methyl sites for hydroxylation is 1. The van der Waals surface area contributed by atoms with Gasteiger partial charge in [-0.15, -0.1) is 10.2 Å². The molecule has 4 N–H and O–H groups in total. The molecule has 0 aromatic carbocycles. The first-order valence-electron chi connectivity index (χ1n) is 8.04. The van der Waals surface area contributed by atoms with E-state index in [2.05, 4.69) is 36.3 Å². The molecule has 22 heavy (non-hydrogen) atoms. The number of hydrogen-bond acceptors (Lipinski definition) is 5.